The second kappa shape index (κ2) is 5.54. The largest absolute Gasteiger partial charge is 0.260 e. The van der Waals surface area contributed by atoms with E-state index in [1.165, 1.54) is 13.1 Å². The minimum absolute atomic E-state index is 0.0289. The van der Waals surface area contributed by atoms with E-state index in [2.05, 4.69) is 31.0 Å². The summed E-state index contributed by atoms with van der Waals surface area (Å²) in [7, 11) is -2.52. The van der Waals surface area contributed by atoms with E-state index in [1.807, 2.05) is 0 Å². The molecule has 0 unspecified atom stereocenters. The van der Waals surface area contributed by atoms with Gasteiger partial charge in [0.25, 0.3) is 10.0 Å². The molecule has 2 aromatic rings. The molecule has 6 nitrogen and oxygen atoms in total. The van der Waals surface area contributed by atoms with Gasteiger partial charge in [0.15, 0.2) is 4.60 Å². The zero-order valence-corrected chi connectivity index (χ0v) is 12.5. The topological polar surface area (TPSA) is 76.9 Å². The van der Waals surface area contributed by atoms with Gasteiger partial charge in [-0.25, -0.2) is 26.6 Å². The Morgan fingerprint density at radius 2 is 2.10 bits per heavy atom. The molecular weight excluding hydrogens is 358 g/mol. The molecule has 0 aliphatic rings. The van der Waals surface area contributed by atoms with Gasteiger partial charge in [-0.2, -0.15) is 0 Å². The molecule has 0 aliphatic heterocycles. The standard InChI is InChI=1S/C10H9BrF2N4O2S/c1-17-10(9(11)15-16-17)20(18,19)14-5-6-2-3-7(12)4-8(6)13/h2-4,14H,5H2,1H3. The van der Waals surface area contributed by atoms with Crippen LogP contribution in [0.1, 0.15) is 5.56 Å². The molecule has 0 bridgehead atoms. The fourth-order valence-electron chi connectivity index (χ4n) is 1.51. The Kier molecular flexibility index (Phi) is 4.16. The smallest absolute Gasteiger partial charge is 0.235 e. The molecule has 0 spiro atoms. The van der Waals surface area contributed by atoms with Crippen molar-refractivity contribution in [2.75, 3.05) is 0 Å². The molecular formula is C10H9BrF2N4O2S. The number of nitrogens with one attached hydrogen (secondary N) is 1. The molecule has 10 heteroatoms. The van der Waals surface area contributed by atoms with E-state index < -0.39 is 21.7 Å². The third kappa shape index (κ3) is 3.02. The Morgan fingerprint density at radius 1 is 1.40 bits per heavy atom. The molecule has 1 heterocycles. The lowest BCUT2D eigenvalue weighted by atomic mass is 10.2. The van der Waals surface area contributed by atoms with Gasteiger partial charge in [-0.15, -0.1) is 5.10 Å². The van der Waals surface area contributed by atoms with Gasteiger partial charge in [0.05, 0.1) is 0 Å². The third-order valence-electron chi connectivity index (χ3n) is 2.46. The van der Waals surface area contributed by atoms with Gasteiger partial charge in [-0.1, -0.05) is 11.3 Å². The van der Waals surface area contributed by atoms with Crippen molar-refractivity contribution in [1.82, 2.24) is 19.7 Å². The van der Waals surface area contributed by atoms with Crippen LogP contribution >= 0.6 is 15.9 Å². The van der Waals surface area contributed by atoms with E-state index in [0.717, 1.165) is 10.7 Å². The Morgan fingerprint density at radius 3 is 2.65 bits per heavy atom. The number of aromatic nitrogens is 3. The van der Waals surface area contributed by atoms with Crippen molar-refractivity contribution >= 4 is 26.0 Å². The van der Waals surface area contributed by atoms with E-state index >= 15 is 0 Å². The van der Waals surface area contributed by atoms with E-state index in [4.69, 9.17) is 0 Å². The van der Waals surface area contributed by atoms with E-state index in [-0.39, 0.29) is 21.7 Å². The second-order valence-corrected chi connectivity index (χ2v) is 6.30. The molecule has 0 saturated heterocycles. The van der Waals surface area contributed by atoms with Crippen molar-refractivity contribution < 1.29 is 17.2 Å². The van der Waals surface area contributed by atoms with E-state index in [1.54, 1.807) is 0 Å². The summed E-state index contributed by atoms with van der Waals surface area (Å²) in [4.78, 5) is 0. The number of rotatable bonds is 4. The lowest BCUT2D eigenvalue weighted by molar-refractivity contribution is 0.552. The molecule has 108 valence electrons. The maximum atomic E-state index is 13.4. The molecule has 0 atom stereocenters. The number of halogens is 3. The van der Waals surface area contributed by atoms with Gasteiger partial charge in [0, 0.05) is 25.2 Å². The molecule has 1 aromatic heterocycles. The maximum absolute atomic E-state index is 13.4. The fourth-order valence-corrected chi connectivity index (χ4v) is 3.61. The number of nitrogens with zero attached hydrogens (tertiary/aromatic N) is 3. The highest BCUT2D eigenvalue weighted by molar-refractivity contribution is 9.10. The minimum atomic E-state index is -3.92. The SMILES string of the molecule is Cn1nnc(Br)c1S(=O)(=O)NCc1ccc(F)cc1F. The lowest BCUT2D eigenvalue weighted by Gasteiger charge is -2.07. The fraction of sp³-hybridized carbons (Fsp3) is 0.200. The summed E-state index contributed by atoms with van der Waals surface area (Å²) in [5.41, 5.74) is 0.0289. The first-order chi connectivity index (χ1) is 9.31. The molecule has 0 fully saturated rings. The summed E-state index contributed by atoms with van der Waals surface area (Å²) in [6.45, 7) is -0.313. The Hall–Kier alpha value is -1.39. The monoisotopic (exact) mass is 366 g/mol. The van der Waals surface area contributed by atoms with Crippen LogP contribution in [0.2, 0.25) is 0 Å². The first-order valence-electron chi connectivity index (χ1n) is 5.30. The van der Waals surface area contributed by atoms with Gasteiger partial charge in [0.1, 0.15) is 11.6 Å². The number of benzene rings is 1. The molecule has 2 rings (SSSR count). The Balaban J connectivity index is 2.22. The number of sulfonamides is 1. The number of hydrogen-bond donors (Lipinski definition) is 1. The first kappa shape index (κ1) is 15.0. The van der Waals surface area contributed by atoms with Gasteiger partial charge < -0.3 is 0 Å². The van der Waals surface area contributed by atoms with Crippen LogP contribution in [-0.4, -0.2) is 23.4 Å². The van der Waals surface area contributed by atoms with Gasteiger partial charge in [-0.05, 0) is 22.0 Å². The van der Waals surface area contributed by atoms with Crippen LogP contribution in [-0.2, 0) is 23.6 Å². The maximum Gasteiger partial charge on any atom is 0.260 e. The van der Waals surface area contributed by atoms with Crippen LogP contribution < -0.4 is 4.72 Å². The Bertz CT molecular complexity index is 728. The summed E-state index contributed by atoms with van der Waals surface area (Å²) in [6, 6.07) is 2.91. The summed E-state index contributed by atoms with van der Waals surface area (Å²) < 4.78 is 53.6. The first-order valence-corrected chi connectivity index (χ1v) is 7.57. The molecule has 0 saturated carbocycles. The van der Waals surface area contributed by atoms with Gasteiger partial charge >= 0.3 is 0 Å². The highest BCUT2D eigenvalue weighted by Gasteiger charge is 2.23. The van der Waals surface area contributed by atoms with Crippen LogP contribution in [0, 0.1) is 11.6 Å². The minimum Gasteiger partial charge on any atom is -0.235 e. The zero-order chi connectivity index (χ0) is 14.9. The highest BCUT2D eigenvalue weighted by atomic mass is 79.9. The molecule has 1 aromatic carbocycles. The van der Waals surface area contributed by atoms with Crippen LogP contribution in [0.15, 0.2) is 27.8 Å². The molecule has 20 heavy (non-hydrogen) atoms. The van der Waals surface area contributed by atoms with Crippen molar-refractivity contribution in [2.45, 2.75) is 11.6 Å². The molecule has 0 aliphatic carbocycles. The predicted octanol–water partition coefficient (Wildman–Crippen LogP) is 1.33. The summed E-state index contributed by atoms with van der Waals surface area (Å²) >= 11 is 2.97. The quantitative estimate of drug-likeness (QED) is 0.885. The van der Waals surface area contributed by atoms with Crippen LogP contribution in [0.3, 0.4) is 0 Å². The van der Waals surface area contributed by atoms with Crippen molar-refractivity contribution in [3.8, 4) is 0 Å². The van der Waals surface area contributed by atoms with Crippen molar-refractivity contribution in [3.05, 3.63) is 40.0 Å². The van der Waals surface area contributed by atoms with Crippen LogP contribution in [0.5, 0.6) is 0 Å². The predicted molar refractivity (Wildman–Crippen MR) is 69.1 cm³/mol. The third-order valence-corrected chi connectivity index (χ3v) is 4.75. The molecule has 1 N–H and O–H groups in total. The van der Waals surface area contributed by atoms with Crippen molar-refractivity contribution in [3.63, 3.8) is 0 Å². The summed E-state index contributed by atoms with van der Waals surface area (Å²) in [5.74, 6) is -1.55. The van der Waals surface area contributed by atoms with Gasteiger partial charge in [0.2, 0.25) is 5.03 Å². The average molecular weight is 367 g/mol. The van der Waals surface area contributed by atoms with E-state index in [0.29, 0.717) is 6.07 Å². The van der Waals surface area contributed by atoms with Crippen LogP contribution in [0.4, 0.5) is 8.78 Å². The molecule has 0 radical (unpaired) electrons. The highest BCUT2D eigenvalue weighted by Crippen LogP contribution is 2.18. The summed E-state index contributed by atoms with van der Waals surface area (Å²) in [5, 5.41) is 6.92. The lowest BCUT2D eigenvalue weighted by Crippen LogP contribution is -2.26. The van der Waals surface area contributed by atoms with Gasteiger partial charge in [-0.3, -0.25) is 0 Å². The van der Waals surface area contributed by atoms with Crippen molar-refractivity contribution in [2.24, 2.45) is 7.05 Å². The number of hydrogen-bond acceptors (Lipinski definition) is 4. The number of aryl methyl sites for hydroxylation is 1. The summed E-state index contributed by atoms with van der Waals surface area (Å²) in [6.07, 6.45) is 0. The average Bonchev–Trinajstić information content (AvgIpc) is 2.68. The van der Waals surface area contributed by atoms with E-state index in [9.17, 15) is 17.2 Å². The van der Waals surface area contributed by atoms with Crippen molar-refractivity contribution in [1.29, 1.82) is 0 Å². The van der Waals surface area contributed by atoms with Crippen LogP contribution in [0.25, 0.3) is 0 Å². The molecule has 0 amide bonds. The zero-order valence-electron chi connectivity index (χ0n) is 10.1. The Labute approximate surface area is 122 Å². The normalized spacial score (nSPS) is 11.8. The second-order valence-electron chi connectivity index (χ2n) is 3.87.